The molecule has 0 bridgehead atoms. The number of anilines is 1. The summed E-state index contributed by atoms with van der Waals surface area (Å²) in [6.07, 6.45) is 0. The van der Waals surface area contributed by atoms with Gasteiger partial charge in [-0.15, -0.1) is 10.2 Å². The van der Waals surface area contributed by atoms with Gasteiger partial charge in [0.25, 0.3) is 26.1 Å². The van der Waals surface area contributed by atoms with Gasteiger partial charge in [0.05, 0.1) is 10.6 Å². The number of azo groups is 1. The SMILES string of the molecule is Cc1ccc(N=Nc2c(C)cc3cc(S(=O)(=O)O)cc(NC(=O)c4ccccc4)c3c2O)c(S(=O)(=O)O)c1. The van der Waals surface area contributed by atoms with Gasteiger partial charge in [0, 0.05) is 10.9 Å². The molecule has 4 rings (SSSR count). The fourth-order valence-corrected chi connectivity index (χ4v) is 5.04. The first-order chi connectivity index (χ1) is 17.8. The van der Waals surface area contributed by atoms with Crippen LogP contribution in [0.15, 0.2) is 86.7 Å². The number of phenols is 1. The van der Waals surface area contributed by atoms with Crippen molar-refractivity contribution in [3.63, 3.8) is 0 Å². The summed E-state index contributed by atoms with van der Waals surface area (Å²) in [6, 6.07) is 15.7. The molecule has 1 amide bonds. The van der Waals surface area contributed by atoms with Gasteiger partial charge < -0.3 is 10.4 Å². The first-order valence-corrected chi connectivity index (χ1v) is 13.8. The predicted molar refractivity (Wildman–Crippen MR) is 140 cm³/mol. The number of nitrogens with one attached hydrogen (secondary N) is 1. The van der Waals surface area contributed by atoms with Crippen molar-refractivity contribution in [2.75, 3.05) is 5.32 Å². The fraction of sp³-hybridized carbons (Fsp3) is 0.0800. The molecule has 4 aromatic carbocycles. The average Bonchev–Trinajstić information content (AvgIpc) is 2.83. The third kappa shape index (κ3) is 5.55. The minimum atomic E-state index is -4.68. The van der Waals surface area contributed by atoms with Gasteiger partial charge in [-0.2, -0.15) is 16.8 Å². The van der Waals surface area contributed by atoms with E-state index in [1.807, 2.05) is 0 Å². The number of aromatic hydroxyl groups is 1. The molecule has 4 aromatic rings. The lowest BCUT2D eigenvalue weighted by molar-refractivity contribution is 0.102. The Morgan fingerprint density at radius 3 is 2.16 bits per heavy atom. The summed E-state index contributed by atoms with van der Waals surface area (Å²) in [6.45, 7) is 3.16. The second-order valence-electron chi connectivity index (χ2n) is 8.40. The number of fused-ring (bicyclic) bond motifs is 1. The number of nitrogens with zero attached hydrogens (tertiary/aromatic N) is 2. The van der Waals surface area contributed by atoms with Gasteiger partial charge in [-0.25, -0.2) is 0 Å². The van der Waals surface area contributed by atoms with Crippen LogP contribution in [0.4, 0.5) is 17.1 Å². The zero-order valence-corrected chi connectivity index (χ0v) is 21.6. The van der Waals surface area contributed by atoms with E-state index in [-0.39, 0.29) is 33.4 Å². The molecule has 0 aliphatic heterocycles. The van der Waals surface area contributed by atoms with Crippen molar-refractivity contribution >= 4 is 54.0 Å². The largest absolute Gasteiger partial charge is 0.505 e. The molecule has 196 valence electrons. The van der Waals surface area contributed by atoms with Gasteiger partial charge in [-0.3, -0.25) is 13.9 Å². The number of benzene rings is 4. The monoisotopic (exact) mass is 555 g/mol. The minimum Gasteiger partial charge on any atom is -0.505 e. The van der Waals surface area contributed by atoms with E-state index < -0.39 is 41.7 Å². The maximum absolute atomic E-state index is 12.8. The Bertz CT molecular complexity index is 1840. The predicted octanol–water partition coefficient (Wildman–Crippen LogP) is 5.32. The summed E-state index contributed by atoms with van der Waals surface area (Å²) in [5, 5.41) is 21.8. The van der Waals surface area contributed by atoms with Crippen LogP contribution in [0.2, 0.25) is 0 Å². The number of carbonyl (C=O) groups is 1. The van der Waals surface area contributed by atoms with Gasteiger partial charge >= 0.3 is 0 Å². The van der Waals surface area contributed by atoms with Crippen LogP contribution < -0.4 is 5.32 Å². The molecule has 0 saturated heterocycles. The summed E-state index contributed by atoms with van der Waals surface area (Å²) in [4.78, 5) is 11.8. The highest BCUT2D eigenvalue weighted by atomic mass is 32.2. The van der Waals surface area contributed by atoms with Crippen LogP contribution in [0.1, 0.15) is 21.5 Å². The number of aryl methyl sites for hydroxylation is 2. The lowest BCUT2D eigenvalue weighted by atomic mass is 10.0. The Kier molecular flexibility index (Phi) is 7.04. The van der Waals surface area contributed by atoms with Crippen LogP contribution >= 0.6 is 0 Å². The summed E-state index contributed by atoms with van der Waals surface area (Å²) in [5.74, 6) is -1.10. The summed E-state index contributed by atoms with van der Waals surface area (Å²) in [7, 11) is -9.30. The quantitative estimate of drug-likeness (QED) is 0.182. The standard InChI is InChI=1S/C25H21N3O8S2/c1-14-8-9-19(21(10-14)38(34,35)36)27-28-23-15(2)11-17-12-18(37(31,32)33)13-20(22(17)24(23)29)26-25(30)16-6-4-3-5-7-16/h3-13,29H,1-2H3,(H,26,30)(H,31,32,33)(H,34,35,36). The summed E-state index contributed by atoms with van der Waals surface area (Å²) >= 11 is 0. The van der Waals surface area contributed by atoms with Crippen LogP contribution in [0.5, 0.6) is 5.75 Å². The molecule has 0 saturated carbocycles. The van der Waals surface area contributed by atoms with Crippen LogP contribution in [-0.2, 0) is 20.2 Å². The normalized spacial score (nSPS) is 12.2. The van der Waals surface area contributed by atoms with Crippen LogP contribution in [0, 0.1) is 13.8 Å². The molecule has 38 heavy (non-hydrogen) atoms. The Morgan fingerprint density at radius 2 is 1.53 bits per heavy atom. The van der Waals surface area contributed by atoms with Gasteiger partial charge in [-0.1, -0.05) is 24.3 Å². The van der Waals surface area contributed by atoms with Crippen LogP contribution in [0.3, 0.4) is 0 Å². The first kappa shape index (κ1) is 26.9. The van der Waals surface area contributed by atoms with Crippen molar-refractivity contribution < 1.29 is 35.8 Å². The highest BCUT2D eigenvalue weighted by Crippen LogP contribution is 2.43. The lowest BCUT2D eigenvalue weighted by Crippen LogP contribution is -2.13. The molecule has 4 N–H and O–H groups in total. The second-order valence-corrected chi connectivity index (χ2v) is 11.2. The maximum atomic E-state index is 12.8. The second kappa shape index (κ2) is 9.95. The van der Waals surface area contributed by atoms with Gasteiger partial charge in [0.2, 0.25) is 0 Å². The minimum absolute atomic E-state index is 0.000130. The van der Waals surface area contributed by atoms with Crippen molar-refractivity contribution in [3.05, 3.63) is 83.4 Å². The average molecular weight is 556 g/mol. The Hall–Kier alpha value is -4.17. The Balaban J connectivity index is 1.91. The van der Waals surface area contributed by atoms with Crippen molar-refractivity contribution in [2.24, 2.45) is 10.2 Å². The molecular weight excluding hydrogens is 534 g/mol. The zero-order valence-electron chi connectivity index (χ0n) is 19.9. The maximum Gasteiger partial charge on any atom is 0.296 e. The smallest absolute Gasteiger partial charge is 0.296 e. The molecule has 0 aromatic heterocycles. The number of hydrogen-bond donors (Lipinski definition) is 4. The number of rotatable bonds is 6. The number of carbonyl (C=O) groups excluding carboxylic acids is 1. The fourth-order valence-electron chi connectivity index (χ4n) is 3.79. The Labute approximate surface area is 218 Å². The first-order valence-electron chi connectivity index (χ1n) is 10.9. The van der Waals surface area contributed by atoms with Crippen LogP contribution in [-0.4, -0.2) is 37.0 Å². The molecule has 0 atom stereocenters. The van der Waals surface area contributed by atoms with E-state index in [0.29, 0.717) is 11.1 Å². The topological polar surface area (TPSA) is 183 Å². The van der Waals surface area contributed by atoms with Gasteiger partial charge in [0.1, 0.15) is 16.3 Å². The molecule has 11 nitrogen and oxygen atoms in total. The van der Waals surface area contributed by atoms with E-state index in [2.05, 4.69) is 15.5 Å². The van der Waals surface area contributed by atoms with E-state index in [9.17, 15) is 35.8 Å². The number of amides is 1. The third-order valence-electron chi connectivity index (χ3n) is 5.58. The summed E-state index contributed by atoms with van der Waals surface area (Å²) < 4.78 is 66.6. The molecule has 0 fully saturated rings. The van der Waals surface area contributed by atoms with Crippen molar-refractivity contribution in [1.82, 2.24) is 0 Å². The van der Waals surface area contributed by atoms with E-state index in [0.717, 1.165) is 12.1 Å². The van der Waals surface area contributed by atoms with Crippen molar-refractivity contribution in [2.45, 2.75) is 23.6 Å². The van der Waals surface area contributed by atoms with Gasteiger partial charge in [-0.05, 0) is 72.8 Å². The van der Waals surface area contributed by atoms with Crippen molar-refractivity contribution in [1.29, 1.82) is 0 Å². The Morgan fingerprint density at radius 1 is 0.842 bits per heavy atom. The highest BCUT2D eigenvalue weighted by Gasteiger charge is 2.21. The number of phenolic OH excluding ortho intramolecular Hbond substituents is 1. The zero-order chi connectivity index (χ0) is 27.8. The summed E-state index contributed by atoms with van der Waals surface area (Å²) in [5.41, 5.74) is 0.695. The molecular formula is C25H21N3O8S2. The van der Waals surface area contributed by atoms with E-state index in [4.69, 9.17) is 0 Å². The molecule has 0 unspecified atom stereocenters. The number of hydrogen-bond acceptors (Lipinski definition) is 8. The molecule has 13 heteroatoms. The highest BCUT2D eigenvalue weighted by molar-refractivity contribution is 7.86. The molecule has 0 spiro atoms. The lowest BCUT2D eigenvalue weighted by Gasteiger charge is -2.14. The van der Waals surface area contributed by atoms with E-state index in [1.165, 1.54) is 37.3 Å². The van der Waals surface area contributed by atoms with E-state index >= 15 is 0 Å². The van der Waals surface area contributed by atoms with Gasteiger partial charge in [0.15, 0.2) is 5.75 Å². The molecule has 0 radical (unpaired) electrons. The van der Waals surface area contributed by atoms with Crippen molar-refractivity contribution in [3.8, 4) is 5.75 Å². The molecule has 0 aliphatic rings. The van der Waals surface area contributed by atoms with E-state index in [1.54, 1.807) is 31.2 Å². The third-order valence-corrected chi connectivity index (χ3v) is 7.30. The molecule has 0 heterocycles. The van der Waals surface area contributed by atoms with Crippen LogP contribution in [0.25, 0.3) is 10.8 Å². The molecule has 0 aliphatic carbocycles.